The maximum absolute atomic E-state index is 13.7. The molecule has 0 atom stereocenters. The van der Waals surface area contributed by atoms with Gasteiger partial charge >= 0.3 is 5.97 Å². The fourth-order valence-corrected chi connectivity index (χ4v) is 2.67. The number of rotatable bonds is 5. The third-order valence-electron chi connectivity index (χ3n) is 4.20. The van der Waals surface area contributed by atoms with Crippen molar-refractivity contribution in [3.63, 3.8) is 0 Å². The normalized spacial score (nSPS) is 14.8. The lowest BCUT2D eigenvalue weighted by molar-refractivity contribution is -0.150. The van der Waals surface area contributed by atoms with Gasteiger partial charge in [0.2, 0.25) is 0 Å². The van der Waals surface area contributed by atoms with Gasteiger partial charge in [-0.2, -0.15) is 0 Å². The number of carbonyl (C=O) groups excluding carboxylic acids is 2. The standard InChI is InChI=1S/C19H18FNO3/c1-13-7-8-16(15(20)11-13)21-17(22)12-24-18(23)19(9-10-19)14-5-3-2-4-6-14/h2-8,11H,9-10,12H2,1H3,(H,21,22). The van der Waals surface area contributed by atoms with Crippen LogP contribution in [0.4, 0.5) is 10.1 Å². The number of hydrogen-bond donors (Lipinski definition) is 1. The van der Waals surface area contributed by atoms with Crippen molar-refractivity contribution in [1.82, 2.24) is 0 Å². The predicted octanol–water partition coefficient (Wildman–Crippen LogP) is 3.35. The number of hydrogen-bond acceptors (Lipinski definition) is 3. The molecular weight excluding hydrogens is 309 g/mol. The highest BCUT2D eigenvalue weighted by Crippen LogP contribution is 2.49. The molecule has 0 saturated heterocycles. The number of ether oxygens (including phenoxy) is 1. The van der Waals surface area contributed by atoms with Crippen molar-refractivity contribution in [3.05, 3.63) is 65.5 Å². The third-order valence-corrected chi connectivity index (χ3v) is 4.20. The average molecular weight is 327 g/mol. The van der Waals surface area contributed by atoms with Crippen LogP contribution in [-0.4, -0.2) is 18.5 Å². The van der Waals surface area contributed by atoms with E-state index in [2.05, 4.69) is 5.32 Å². The molecule has 0 heterocycles. The number of amides is 1. The molecule has 0 radical (unpaired) electrons. The number of anilines is 1. The second-order valence-corrected chi connectivity index (χ2v) is 6.06. The van der Waals surface area contributed by atoms with Crippen LogP contribution in [0.5, 0.6) is 0 Å². The molecule has 0 aromatic heterocycles. The van der Waals surface area contributed by atoms with Crippen molar-refractivity contribution in [1.29, 1.82) is 0 Å². The van der Waals surface area contributed by atoms with Crippen LogP contribution in [0, 0.1) is 12.7 Å². The Morgan fingerprint density at radius 3 is 2.50 bits per heavy atom. The van der Waals surface area contributed by atoms with Gasteiger partial charge in [0.25, 0.3) is 5.91 Å². The average Bonchev–Trinajstić information content (AvgIpc) is 3.38. The summed E-state index contributed by atoms with van der Waals surface area (Å²) in [7, 11) is 0. The number of halogens is 1. The molecule has 1 aliphatic carbocycles. The lowest BCUT2D eigenvalue weighted by Crippen LogP contribution is -2.28. The summed E-state index contributed by atoms with van der Waals surface area (Å²) < 4.78 is 18.9. The van der Waals surface area contributed by atoms with E-state index in [-0.39, 0.29) is 5.69 Å². The summed E-state index contributed by atoms with van der Waals surface area (Å²) in [5.74, 6) is -1.49. The van der Waals surface area contributed by atoms with Crippen LogP contribution >= 0.6 is 0 Å². The molecule has 124 valence electrons. The second kappa shape index (κ2) is 6.43. The van der Waals surface area contributed by atoms with Crippen molar-refractivity contribution >= 4 is 17.6 Å². The van der Waals surface area contributed by atoms with Crippen molar-refractivity contribution in [2.45, 2.75) is 25.2 Å². The zero-order valence-corrected chi connectivity index (χ0v) is 13.3. The van der Waals surface area contributed by atoms with Crippen LogP contribution in [0.1, 0.15) is 24.0 Å². The van der Waals surface area contributed by atoms with Gasteiger partial charge in [-0.1, -0.05) is 36.4 Å². The first-order chi connectivity index (χ1) is 11.5. The lowest BCUT2D eigenvalue weighted by atomic mass is 9.96. The summed E-state index contributed by atoms with van der Waals surface area (Å²) in [6.07, 6.45) is 1.42. The Balaban J connectivity index is 1.58. The molecule has 1 N–H and O–H groups in total. The Labute approximate surface area is 139 Å². The number of carbonyl (C=O) groups is 2. The van der Waals surface area contributed by atoms with E-state index in [4.69, 9.17) is 4.74 Å². The fraction of sp³-hybridized carbons (Fsp3) is 0.263. The van der Waals surface area contributed by atoms with Crippen LogP contribution in [0.2, 0.25) is 0 Å². The molecule has 1 saturated carbocycles. The van der Waals surface area contributed by atoms with Crippen LogP contribution < -0.4 is 5.32 Å². The Kier molecular flexibility index (Phi) is 4.34. The van der Waals surface area contributed by atoms with Crippen molar-refractivity contribution in [3.8, 4) is 0 Å². The van der Waals surface area contributed by atoms with E-state index >= 15 is 0 Å². The van der Waals surface area contributed by atoms with Gasteiger partial charge in [0.15, 0.2) is 6.61 Å². The molecule has 2 aromatic carbocycles. The molecule has 1 amide bonds. The first-order valence-corrected chi connectivity index (χ1v) is 7.80. The molecule has 0 bridgehead atoms. The summed E-state index contributed by atoms with van der Waals surface area (Å²) in [6.45, 7) is 1.33. The van der Waals surface area contributed by atoms with E-state index in [9.17, 15) is 14.0 Å². The Morgan fingerprint density at radius 2 is 1.88 bits per heavy atom. The first kappa shape index (κ1) is 16.2. The Hall–Kier alpha value is -2.69. The number of nitrogens with one attached hydrogen (secondary N) is 1. The summed E-state index contributed by atoms with van der Waals surface area (Å²) in [5, 5.41) is 2.41. The maximum atomic E-state index is 13.7. The SMILES string of the molecule is Cc1ccc(NC(=O)COC(=O)C2(c3ccccc3)CC2)c(F)c1. The van der Waals surface area contributed by atoms with Gasteiger partial charge in [-0.3, -0.25) is 9.59 Å². The van der Waals surface area contributed by atoms with Crippen LogP contribution in [0.15, 0.2) is 48.5 Å². The molecule has 0 unspecified atom stereocenters. The Bertz CT molecular complexity index is 769. The molecular formula is C19H18FNO3. The molecule has 0 aliphatic heterocycles. The summed E-state index contributed by atoms with van der Waals surface area (Å²) >= 11 is 0. The molecule has 24 heavy (non-hydrogen) atoms. The molecule has 3 rings (SSSR count). The van der Waals surface area contributed by atoms with Crippen molar-refractivity contribution in [2.24, 2.45) is 0 Å². The van der Waals surface area contributed by atoms with Crippen LogP contribution in [-0.2, 0) is 19.7 Å². The number of esters is 1. The fourth-order valence-electron chi connectivity index (χ4n) is 2.67. The van der Waals surface area contributed by atoms with Crippen LogP contribution in [0.25, 0.3) is 0 Å². The highest BCUT2D eigenvalue weighted by Gasteiger charge is 2.52. The molecule has 1 aliphatic rings. The molecule has 2 aromatic rings. The minimum Gasteiger partial charge on any atom is -0.455 e. The monoisotopic (exact) mass is 327 g/mol. The highest BCUT2D eigenvalue weighted by atomic mass is 19.1. The van der Waals surface area contributed by atoms with Gasteiger partial charge in [0.05, 0.1) is 11.1 Å². The number of benzene rings is 2. The van der Waals surface area contributed by atoms with Gasteiger partial charge in [-0.25, -0.2) is 4.39 Å². The zero-order valence-electron chi connectivity index (χ0n) is 13.3. The minimum atomic E-state index is -0.628. The van der Waals surface area contributed by atoms with E-state index < -0.39 is 29.7 Å². The van der Waals surface area contributed by atoms with Gasteiger partial charge < -0.3 is 10.1 Å². The van der Waals surface area contributed by atoms with E-state index in [1.54, 1.807) is 13.0 Å². The van der Waals surface area contributed by atoms with E-state index in [0.29, 0.717) is 12.8 Å². The molecule has 5 heteroatoms. The van der Waals surface area contributed by atoms with Gasteiger partial charge in [-0.15, -0.1) is 0 Å². The summed E-state index contributed by atoms with van der Waals surface area (Å²) in [5.41, 5.74) is 1.11. The summed E-state index contributed by atoms with van der Waals surface area (Å²) in [6, 6.07) is 13.9. The predicted molar refractivity (Wildman–Crippen MR) is 88.1 cm³/mol. The third kappa shape index (κ3) is 3.30. The smallest absolute Gasteiger partial charge is 0.317 e. The summed E-state index contributed by atoms with van der Waals surface area (Å²) in [4.78, 5) is 24.2. The quantitative estimate of drug-likeness (QED) is 0.857. The minimum absolute atomic E-state index is 0.0749. The van der Waals surface area contributed by atoms with Gasteiger partial charge in [-0.05, 0) is 43.0 Å². The van der Waals surface area contributed by atoms with Gasteiger partial charge in [0.1, 0.15) is 5.82 Å². The van der Waals surface area contributed by atoms with Crippen molar-refractivity contribution < 1.29 is 18.7 Å². The topological polar surface area (TPSA) is 55.4 Å². The van der Waals surface area contributed by atoms with E-state index in [1.807, 2.05) is 30.3 Å². The lowest BCUT2D eigenvalue weighted by Gasteiger charge is -2.15. The van der Waals surface area contributed by atoms with Crippen molar-refractivity contribution in [2.75, 3.05) is 11.9 Å². The maximum Gasteiger partial charge on any atom is 0.317 e. The zero-order chi connectivity index (χ0) is 17.2. The molecule has 1 fully saturated rings. The largest absolute Gasteiger partial charge is 0.455 e. The molecule has 0 spiro atoms. The van der Waals surface area contributed by atoms with E-state index in [1.165, 1.54) is 12.1 Å². The highest BCUT2D eigenvalue weighted by molar-refractivity contribution is 5.94. The van der Waals surface area contributed by atoms with E-state index in [0.717, 1.165) is 11.1 Å². The Morgan fingerprint density at radius 1 is 1.17 bits per heavy atom. The van der Waals surface area contributed by atoms with Crippen LogP contribution in [0.3, 0.4) is 0 Å². The first-order valence-electron chi connectivity index (χ1n) is 7.80. The van der Waals surface area contributed by atoms with Gasteiger partial charge in [0, 0.05) is 0 Å². The second-order valence-electron chi connectivity index (χ2n) is 6.06. The molecule has 4 nitrogen and oxygen atoms in total. The number of aryl methyl sites for hydroxylation is 1.